The van der Waals surface area contributed by atoms with Gasteiger partial charge in [-0.2, -0.15) is 0 Å². The summed E-state index contributed by atoms with van der Waals surface area (Å²) in [6, 6.07) is 4.31. The smallest absolute Gasteiger partial charge is 0.103 e. The Bertz CT molecular complexity index is 192. The Labute approximate surface area is 73.4 Å². The fourth-order valence-electron chi connectivity index (χ4n) is 1.09. The quantitative estimate of drug-likeness (QED) is 0.583. The predicted molar refractivity (Wildman–Crippen MR) is 52.2 cm³/mol. The second-order valence-corrected chi connectivity index (χ2v) is 3.13. The Morgan fingerprint density at radius 1 is 1.67 bits per heavy atom. The summed E-state index contributed by atoms with van der Waals surface area (Å²) >= 11 is 0. The average Bonchev–Trinajstić information content (AvgIpc) is 2.49. The lowest BCUT2D eigenvalue weighted by Crippen LogP contribution is -2.16. The molecule has 3 heteroatoms. The second kappa shape index (κ2) is 4.83. The maximum Gasteiger partial charge on any atom is 0.103 e. The van der Waals surface area contributed by atoms with Crippen molar-refractivity contribution in [2.45, 2.75) is 25.8 Å². The second-order valence-electron chi connectivity index (χ2n) is 3.13. The van der Waals surface area contributed by atoms with E-state index in [1.54, 1.807) is 0 Å². The molecule has 0 bridgehead atoms. The molecular weight excluding hydrogens is 150 g/mol. The summed E-state index contributed by atoms with van der Waals surface area (Å²) in [5.74, 6) is 1.08. The standard InChI is InChI=1S/C9H17N3/c1-8(10)4-2-6-11-9-5-3-7-12-9/h3,5,7-8,11-12H,2,4,6,10H2,1H3. The van der Waals surface area contributed by atoms with Crippen LogP contribution in [0.15, 0.2) is 18.3 Å². The van der Waals surface area contributed by atoms with Crippen molar-refractivity contribution in [3.8, 4) is 0 Å². The number of hydrogen-bond donors (Lipinski definition) is 3. The predicted octanol–water partition coefficient (Wildman–Crippen LogP) is 1.55. The van der Waals surface area contributed by atoms with Crippen molar-refractivity contribution in [3.63, 3.8) is 0 Å². The molecule has 1 heterocycles. The first-order chi connectivity index (χ1) is 5.79. The minimum Gasteiger partial charge on any atom is -0.372 e. The molecule has 1 unspecified atom stereocenters. The van der Waals surface area contributed by atoms with Crippen LogP contribution < -0.4 is 11.1 Å². The van der Waals surface area contributed by atoms with Gasteiger partial charge in [-0.3, -0.25) is 0 Å². The minimum atomic E-state index is 0.315. The summed E-state index contributed by atoms with van der Waals surface area (Å²) in [5, 5.41) is 3.27. The van der Waals surface area contributed by atoms with Gasteiger partial charge in [-0.15, -0.1) is 0 Å². The molecular formula is C9H17N3. The third-order valence-electron chi connectivity index (χ3n) is 1.75. The number of rotatable bonds is 5. The average molecular weight is 167 g/mol. The highest BCUT2D eigenvalue weighted by Gasteiger charge is 1.94. The number of aromatic amines is 1. The molecule has 0 fully saturated rings. The Kier molecular flexibility index (Phi) is 3.67. The van der Waals surface area contributed by atoms with E-state index in [0.717, 1.165) is 25.2 Å². The Balaban J connectivity index is 2.04. The topological polar surface area (TPSA) is 53.8 Å². The molecule has 1 rings (SSSR count). The molecule has 3 nitrogen and oxygen atoms in total. The Hall–Kier alpha value is -0.960. The van der Waals surface area contributed by atoms with Crippen molar-refractivity contribution in [2.24, 2.45) is 5.73 Å². The van der Waals surface area contributed by atoms with E-state index in [2.05, 4.69) is 10.3 Å². The number of hydrogen-bond acceptors (Lipinski definition) is 2. The SMILES string of the molecule is CC(N)CCCNc1ccc[nH]1. The lowest BCUT2D eigenvalue weighted by Gasteiger charge is -2.05. The van der Waals surface area contributed by atoms with Crippen LogP contribution in [0.4, 0.5) is 5.82 Å². The molecule has 0 amide bonds. The molecule has 0 radical (unpaired) electrons. The Morgan fingerprint density at radius 2 is 2.50 bits per heavy atom. The van der Waals surface area contributed by atoms with E-state index in [0.29, 0.717) is 6.04 Å². The molecule has 0 spiro atoms. The zero-order chi connectivity index (χ0) is 8.81. The number of H-pyrrole nitrogens is 1. The normalized spacial score (nSPS) is 12.8. The van der Waals surface area contributed by atoms with Gasteiger partial charge in [0.1, 0.15) is 5.82 Å². The van der Waals surface area contributed by atoms with E-state index < -0.39 is 0 Å². The Morgan fingerprint density at radius 3 is 3.08 bits per heavy atom. The van der Waals surface area contributed by atoms with Crippen molar-refractivity contribution in [1.82, 2.24) is 4.98 Å². The molecule has 0 saturated heterocycles. The van der Waals surface area contributed by atoms with Crippen molar-refractivity contribution < 1.29 is 0 Å². The summed E-state index contributed by atoms with van der Waals surface area (Å²) in [6.45, 7) is 3.02. The molecule has 1 aromatic heterocycles. The van der Waals surface area contributed by atoms with Crippen LogP contribution in [0, 0.1) is 0 Å². The number of nitrogens with one attached hydrogen (secondary N) is 2. The summed E-state index contributed by atoms with van der Waals surface area (Å²) in [4.78, 5) is 3.08. The number of aromatic nitrogens is 1. The number of anilines is 1. The van der Waals surface area contributed by atoms with Crippen molar-refractivity contribution in [3.05, 3.63) is 18.3 Å². The first-order valence-electron chi connectivity index (χ1n) is 4.42. The molecule has 0 aliphatic rings. The minimum absolute atomic E-state index is 0.315. The van der Waals surface area contributed by atoms with E-state index in [1.165, 1.54) is 0 Å². The lowest BCUT2D eigenvalue weighted by molar-refractivity contribution is 0.639. The van der Waals surface area contributed by atoms with Gasteiger partial charge in [0.2, 0.25) is 0 Å². The molecule has 0 aliphatic heterocycles. The monoisotopic (exact) mass is 167 g/mol. The van der Waals surface area contributed by atoms with Gasteiger partial charge in [-0.1, -0.05) is 0 Å². The molecule has 12 heavy (non-hydrogen) atoms. The van der Waals surface area contributed by atoms with Crippen molar-refractivity contribution in [1.29, 1.82) is 0 Å². The highest BCUT2D eigenvalue weighted by Crippen LogP contribution is 2.01. The van der Waals surface area contributed by atoms with E-state index in [-0.39, 0.29) is 0 Å². The van der Waals surface area contributed by atoms with Crippen LogP contribution in [0.1, 0.15) is 19.8 Å². The van der Waals surface area contributed by atoms with Crippen LogP contribution >= 0.6 is 0 Å². The van der Waals surface area contributed by atoms with E-state index >= 15 is 0 Å². The maximum absolute atomic E-state index is 5.62. The zero-order valence-electron chi connectivity index (χ0n) is 7.51. The van der Waals surface area contributed by atoms with Crippen LogP contribution in [-0.4, -0.2) is 17.6 Å². The molecule has 1 atom stereocenters. The molecule has 0 aromatic carbocycles. The van der Waals surface area contributed by atoms with Gasteiger partial charge in [0.05, 0.1) is 0 Å². The first kappa shape index (κ1) is 9.13. The lowest BCUT2D eigenvalue weighted by atomic mass is 10.2. The van der Waals surface area contributed by atoms with Gasteiger partial charge in [0, 0.05) is 18.8 Å². The summed E-state index contributed by atoms with van der Waals surface area (Å²) in [7, 11) is 0. The molecule has 4 N–H and O–H groups in total. The van der Waals surface area contributed by atoms with E-state index in [1.807, 2.05) is 25.3 Å². The van der Waals surface area contributed by atoms with Crippen LogP contribution in [0.3, 0.4) is 0 Å². The molecule has 0 saturated carbocycles. The highest BCUT2D eigenvalue weighted by atomic mass is 15.0. The van der Waals surface area contributed by atoms with Gasteiger partial charge in [-0.25, -0.2) is 0 Å². The van der Waals surface area contributed by atoms with Gasteiger partial charge in [-0.05, 0) is 31.9 Å². The molecule has 1 aromatic rings. The van der Waals surface area contributed by atoms with Crippen molar-refractivity contribution in [2.75, 3.05) is 11.9 Å². The zero-order valence-corrected chi connectivity index (χ0v) is 7.51. The van der Waals surface area contributed by atoms with Gasteiger partial charge < -0.3 is 16.0 Å². The van der Waals surface area contributed by atoms with Crippen LogP contribution in [0.25, 0.3) is 0 Å². The third-order valence-corrected chi connectivity index (χ3v) is 1.75. The molecule has 0 aliphatic carbocycles. The summed E-state index contributed by atoms with van der Waals surface area (Å²) in [5.41, 5.74) is 5.62. The van der Waals surface area contributed by atoms with Crippen LogP contribution in [0.5, 0.6) is 0 Å². The fourth-order valence-corrected chi connectivity index (χ4v) is 1.09. The van der Waals surface area contributed by atoms with Crippen molar-refractivity contribution >= 4 is 5.82 Å². The summed E-state index contributed by atoms with van der Waals surface area (Å²) < 4.78 is 0. The van der Waals surface area contributed by atoms with Gasteiger partial charge in [0.25, 0.3) is 0 Å². The number of nitrogens with two attached hydrogens (primary N) is 1. The highest BCUT2D eigenvalue weighted by molar-refractivity contribution is 5.33. The summed E-state index contributed by atoms with van der Waals surface area (Å²) in [6.07, 6.45) is 4.11. The third kappa shape index (κ3) is 3.44. The first-order valence-corrected chi connectivity index (χ1v) is 4.42. The fraction of sp³-hybridized carbons (Fsp3) is 0.556. The van der Waals surface area contributed by atoms with Gasteiger partial charge >= 0.3 is 0 Å². The van der Waals surface area contributed by atoms with Crippen LogP contribution in [-0.2, 0) is 0 Å². The molecule has 68 valence electrons. The van der Waals surface area contributed by atoms with Gasteiger partial charge in [0.15, 0.2) is 0 Å². The van der Waals surface area contributed by atoms with Crippen LogP contribution in [0.2, 0.25) is 0 Å². The van der Waals surface area contributed by atoms with E-state index in [4.69, 9.17) is 5.73 Å². The maximum atomic E-state index is 5.62. The largest absolute Gasteiger partial charge is 0.372 e. The van der Waals surface area contributed by atoms with E-state index in [9.17, 15) is 0 Å².